The Labute approximate surface area is 97.6 Å². The fraction of sp³-hybridized carbons (Fsp3) is 0.400. The van der Waals surface area contributed by atoms with Crippen LogP contribution in [0.2, 0.25) is 0 Å². The lowest BCUT2D eigenvalue weighted by Gasteiger charge is -2.02. The lowest BCUT2D eigenvalue weighted by molar-refractivity contribution is -0.141. The Balaban J connectivity index is 2.50. The molecule has 0 radical (unpaired) electrons. The smallest absolute Gasteiger partial charge is 0.325 e. The highest BCUT2D eigenvalue weighted by molar-refractivity contribution is 7.14. The van der Waals surface area contributed by atoms with Gasteiger partial charge in [0.2, 0.25) is 0 Å². The number of amides is 1. The molecule has 1 amide bonds. The molecule has 1 rings (SSSR count). The molecule has 0 bridgehead atoms. The number of esters is 1. The lowest BCUT2D eigenvalue weighted by atomic mass is 10.3. The van der Waals surface area contributed by atoms with E-state index in [2.05, 4.69) is 10.1 Å². The first-order valence-electron chi connectivity index (χ1n) is 4.84. The molecule has 0 spiro atoms. The molecular formula is C10H14N2O3S. The summed E-state index contributed by atoms with van der Waals surface area (Å²) in [6.45, 7) is 3.73. The summed E-state index contributed by atoms with van der Waals surface area (Å²) in [5.41, 5.74) is 6.21. The van der Waals surface area contributed by atoms with Crippen molar-refractivity contribution in [3.63, 3.8) is 0 Å². The summed E-state index contributed by atoms with van der Waals surface area (Å²) in [5.74, 6) is -0.755. The number of hydrogen-bond acceptors (Lipinski definition) is 5. The standard InChI is InChI=1S/C10H14N2O3S/c1-3-15-9(13)5-12-10(14)8-4-7(11)6(2)16-8/h4H,3,5,11H2,1-2H3,(H,12,14). The van der Waals surface area contributed by atoms with E-state index in [1.54, 1.807) is 13.0 Å². The van der Waals surface area contributed by atoms with Gasteiger partial charge in [-0.25, -0.2) is 0 Å². The number of nitrogens with one attached hydrogen (secondary N) is 1. The average molecular weight is 242 g/mol. The number of carbonyl (C=O) groups is 2. The van der Waals surface area contributed by atoms with Crippen LogP contribution in [-0.4, -0.2) is 25.0 Å². The number of aryl methyl sites for hydroxylation is 1. The first-order chi connectivity index (χ1) is 7.54. The maximum atomic E-state index is 11.6. The van der Waals surface area contributed by atoms with Crippen LogP contribution in [0.15, 0.2) is 6.07 Å². The zero-order valence-electron chi connectivity index (χ0n) is 9.20. The average Bonchev–Trinajstić information content (AvgIpc) is 2.56. The molecule has 6 heteroatoms. The predicted molar refractivity (Wildman–Crippen MR) is 62.4 cm³/mol. The van der Waals surface area contributed by atoms with Crippen molar-refractivity contribution in [2.24, 2.45) is 0 Å². The predicted octanol–water partition coefficient (Wildman–Crippen LogP) is 0.932. The zero-order valence-corrected chi connectivity index (χ0v) is 10.0. The van der Waals surface area contributed by atoms with E-state index < -0.39 is 5.97 Å². The highest BCUT2D eigenvalue weighted by atomic mass is 32.1. The van der Waals surface area contributed by atoms with Gasteiger partial charge in [-0.15, -0.1) is 11.3 Å². The van der Waals surface area contributed by atoms with Crippen LogP contribution in [0, 0.1) is 6.92 Å². The van der Waals surface area contributed by atoms with Gasteiger partial charge < -0.3 is 15.8 Å². The molecule has 0 fully saturated rings. The van der Waals surface area contributed by atoms with Crippen LogP contribution in [0.4, 0.5) is 5.69 Å². The number of anilines is 1. The van der Waals surface area contributed by atoms with Crippen LogP contribution in [-0.2, 0) is 9.53 Å². The molecule has 0 aliphatic heterocycles. The van der Waals surface area contributed by atoms with Crippen LogP contribution in [0.25, 0.3) is 0 Å². The van der Waals surface area contributed by atoms with Crippen LogP contribution < -0.4 is 11.1 Å². The van der Waals surface area contributed by atoms with E-state index in [-0.39, 0.29) is 12.5 Å². The van der Waals surface area contributed by atoms with Crippen LogP contribution in [0.1, 0.15) is 21.5 Å². The molecule has 1 aromatic rings. The Hall–Kier alpha value is -1.56. The number of rotatable bonds is 4. The molecule has 1 heterocycles. The Bertz CT molecular complexity index is 381. The Morgan fingerprint density at radius 3 is 2.75 bits per heavy atom. The van der Waals surface area contributed by atoms with Crippen LogP contribution in [0.5, 0.6) is 0 Å². The topological polar surface area (TPSA) is 81.4 Å². The first kappa shape index (κ1) is 12.5. The van der Waals surface area contributed by atoms with Gasteiger partial charge in [0.1, 0.15) is 6.54 Å². The Kier molecular flexibility index (Phi) is 4.30. The van der Waals surface area contributed by atoms with Crippen molar-refractivity contribution < 1.29 is 14.3 Å². The molecular weight excluding hydrogens is 228 g/mol. The van der Waals surface area contributed by atoms with Gasteiger partial charge in [-0.1, -0.05) is 0 Å². The molecule has 5 nitrogen and oxygen atoms in total. The van der Waals surface area contributed by atoms with Crippen molar-refractivity contribution in [2.45, 2.75) is 13.8 Å². The minimum Gasteiger partial charge on any atom is -0.465 e. The van der Waals surface area contributed by atoms with Crippen molar-refractivity contribution in [1.29, 1.82) is 0 Å². The van der Waals surface area contributed by atoms with Gasteiger partial charge in [-0.05, 0) is 19.9 Å². The van der Waals surface area contributed by atoms with E-state index >= 15 is 0 Å². The van der Waals surface area contributed by atoms with Crippen molar-refractivity contribution in [1.82, 2.24) is 5.32 Å². The second-order valence-electron chi connectivity index (χ2n) is 3.11. The molecule has 3 N–H and O–H groups in total. The number of nitrogens with two attached hydrogens (primary N) is 1. The molecule has 16 heavy (non-hydrogen) atoms. The number of nitrogen functional groups attached to an aromatic ring is 1. The molecule has 0 aliphatic rings. The third kappa shape index (κ3) is 3.23. The van der Waals surface area contributed by atoms with Crippen molar-refractivity contribution in [2.75, 3.05) is 18.9 Å². The number of ether oxygens (including phenoxy) is 1. The Morgan fingerprint density at radius 2 is 2.25 bits per heavy atom. The van der Waals surface area contributed by atoms with E-state index in [0.717, 1.165) is 4.88 Å². The summed E-state index contributed by atoms with van der Waals surface area (Å²) in [7, 11) is 0. The summed E-state index contributed by atoms with van der Waals surface area (Å²) >= 11 is 1.30. The van der Waals surface area contributed by atoms with Gasteiger partial charge in [0.25, 0.3) is 5.91 Å². The molecule has 0 saturated heterocycles. The molecule has 88 valence electrons. The molecule has 1 aromatic heterocycles. The largest absolute Gasteiger partial charge is 0.465 e. The maximum Gasteiger partial charge on any atom is 0.325 e. The maximum absolute atomic E-state index is 11.6. The summed E-state index contributed by atoms with van der Waals surface area (Å²) in [5, 5.41) is 2.47. The third-order valence-corrected chi connectivity index (χ3v) is 2.94. The number of carbonyl (C=O) groups excluding carboxylic acids is 2. The second-order valence-corrected chi connectivity index (χ2v) is 4.37. The van der Waals surface area contributed by atoms with Crippen molar-refractivity contribution in [3.8, 4) is 0 Å². The highest BCUT2D eigenvalue weighted by Crippen LogP contribution is 2.22. The lowest BCUT2D eigenvalue weighted by Crippen LogP contribution is -2.30. The minimum atomic E-state index is -0.447. The summed E-state index contributed by atoms with van der Waals surface area (Å²) in [6, 6.07) is 1.60. The van der Waals surface area contributed by atoms with Crippen LogP contribution >= 0.6 is 11.3 Å². The van der Waals surface area contributed by atoms with Crippen LogP contribution in [0.3, 0.4) is 0 Å². The normalized spacial score (nSPS) is 9.88. The second kappa shape index (κ2) is 5.50. The van der Waals surface area contributed by atoms with Crippen molar-refractivity contribution >= 4 is 28.9 Å². The number of thiophene rings is 1. The van der Waals surface area contributed by atoms with E-state index in [9.17, 15) is 9.59 Å². The fourth-order valence-corrected chi connectivity index (χ4v) is 1.92. The monoisotopic (exact) mass is 242 g/mol. The van der Waals surface area contributed by atoms with Gasteiger partial charge in [0.05, 0.1) is 11.5 Å². The molecule has 0 saturated carbocycles. The van der Waals surface area contributed by atoms with Gasteiger partial charge in [0, 0.05) is 10.6 Å². The van der Waals surface area contributed by atoms with E-state index in [0.29, 0.717) is 17.2 Å². The molecule has 0 unspecified atom stereocenters. The molecule has 0 atom stereocenters. The van der Waals surface area contributed by atoms with Crippen molar-refractivity contribution in [3.05, 3.63) is 15.8 Å². The fourth-order valence-electron chi connectivity index (χ4n) is 1.06. The van der Waals surface area contributed by atoms with Gasteiger partial charge in [-0.3, -0.25) is 9.59 Å². The first-order valence-corrected chi connectivity index (χ1v) is 5.66. The third-order valence-electron chi connectivity index (χ3n) is 1.88. The summed E-state index contributed by atoms with van der Waals surface area (Å²) in [6.07, 6.45) is 0. The SMILES string of the molecule is CCOC(=O)CNC(=O)c1cc(N)c(C)s1. The Morgan fingerprint density at radius 1 is 1.56 bits per heavy atom. The highest BCUT2D eigenvalue weighted by Gasteiger charge is 2.12. The molecule has 0 aliphatic carbocycles. The van der Waals surface area contributed by atoms with Gasteiger partial charge >= 0.3 is 5.97 Å². The number of hydrogen-bond donors (Lipinski definition) is 2. The van der Waals surface area contributed by atoms with E-state index in [4.69, 9.17) is 5.73 Å². The zero-order chi connectivity index (χ0) is 12.1. The van der Waals surface area contributed by atoms with E-state index in [1.165, 1.54) is 11.3 Å². The summed E-state index contributed by atoms with van der Waals surface area (Å²) < 4.78 is 4.68. The van der Waals surface area contributed by atoms with E-state index in [1.807, 2.05) is 6.92 Å². The minimum absolute atomic E-state index is 0.122. The van der Waals surface area contributed by atoms with Gasteiger partial charge in [0.15, 0.2) is 0 Å². The summed E-state index contributed by atoms with van der Waals surface area (Å²) in [4.78, 5) is 23.9. The molecule has 0 aromatic carbocycles. The quantitative estimate of drug-likeness (QED) is 0.770. The van der Waals surface area contributed by atoms with Gasteiger partial charge in [-0.2, -0.15) is 0 Å².